The van der Waals surface area contributed by atoms with E-state index in [1.165, 1.54) is 12.8 Å². The highest BCUT2D eigenvalue weighted by atomic mass is 79.9. The summed E-state index contributed by atoms with van der Waals surface area (Å²) in [6.45, 7) is 0.785. The zero-order chi connectivity index (χ0) is 11.8. The van der Waals surface area contributed by atoms with E-state index in [9.17, 15) is 0 Å². The van der Waals surface area contributed by atoms with Gasteiger partial charge in [-0.15, -0.1) is 5.10 Å². The smallest absolute Gasteiger partial charge is 0.159 e. The summed E-state index contributed by atoms with van der Waals surface area (Å²) in [6, 6.07) is 4.63. The van der Waals surface area contributed by atoms with Gasteiger partial charge in [-0.2, -0.15) is 0 Å². The first kappa shape index (κ1) is 11.0. The second kappa shape index (κ2) is 4.27. The summed E-state index contributed by atoms with van der Waals surface area (Å²) in [5.41, 5.74) is 0.864. The van der Waals surface area contributed by atoms with Crippen LogP contribution in [0.15, 0.2) is 21.2 Å². The third kappa shape index (κ3) is 2.28. The summed E-state index contributed by atoms with van der Waals surface area (Å²) in [6.07, 6.45) is 2.57. The molecule has 0 saturated heterocycles. The molecule has 0 amide bonds. The summed E-state index contributed by atoms with van der Waals surface area (Å²) in [7, 11) is 1.84. The Morgan fingerprint density at radius 3 is 3.00 bits per heavy atom. The molecule has 1 aliphatic rings. The van der Waals surface area contributed by atoms with Gasteiger partial charge in [-0.1, -0.05) is 5.21 Å². The van der Waals surface area contributed by atoms with E-state index >= 15 is 0 Å². The molecule has 6 heteroatoms. The third-order valence-electron chi connectivity index (χ3n) is 2.82. The van der Waals surface area contributed by atoms with Crippen LogP contribution in [0, 0.1) is 0 Å². The van der Waals surface area contributed by atoms with Gasteiger partial charge in [-0.3, -0.25) is 0 Å². The van der Waals surface area contributed by atoms with Crippen LogP contribution in [0.4, 0.5) is 0 Å². The molecule has 90 valence electrons. The fraction of sp³-hybridized carbons (Fsp3) is 0.455. The van der Waals surface area contributed by atoms with Crippen molar-refractivity contribution in [1.82, 2.24) is 20.3 Å². The molecule has 5 nitrogen and oxygen atoms in total. The first-order valence-corrected chi connectivity index (χ1v) is 6.41. The number of rotatable bonds is 4. The van der Waals surface area contributed by atoms with Crippen LogP contribution in [0.3, 0.4) is 0 Å². The Bertz CT molecular complexity index is 510. The standard InChI is InChI=1S/C11H13BrN4O/c1-16-10(11(12)14-15-16)9-5-4-8(17-9)6-13-7-2-3-7/h4-5,7,13H,2-3,6H2,1H3. The Hall–Kier alpha value is -1.14. The van der Waals surface area contributed by atoms with E-state index in [1.807, 2.05) is 19.2 Å². The number of hydrogen-bond acceptors (Lipinski definition) is 4. The van der Waals surface area contributed by atoms with E-state index in [2.05, 4.69) is 31.6 Å². The molecule has 1 fully saturated rings. The quantitative estimate of drug-likeness (QED) is 0.939. The van der Waals surface area contributed by atoms with E-state index in [0.717, 1.165) is 23.8 Å². The van der Waals surface area contributed by atoms with Crippen LogP contribution in [0.5, 0.6) is 0 Å². The molecule has 1 saturated carbocycles. The van der Waals surface area contributed by atoms with Crippen molar-refractivity contribution in [3.63, 3.8) is 0 Å². The molecule has 0 aromatic carbocycles. The minimum absolute atomic E-state index is 0.689. The summed E-state index contributed by atoms with van der Waals surface area (Å²) < 4.78 is 8.17. The van der Waals surface area contributed by atoms with Gasteiger partial charge in [0.1, 0.15) is 11.5 Å². The number of aryl methyl sites for hydroxylation is 1. The van der Waals surface area contributed by atoms with E-state index in [-0.39, 0.29) is 0 Å². The van der Waals surface area contributed by atoms with Gasteiger partial charge in [0.2, 0.25) is 0 Å². The summed E-state index contributed by atoms with van der Waals surface area (Å²) in [5.74, 6) is 1.73. The Balaban J connectivity index is 1.79. The monoisotopic (exact) mass is 296 g/mol. The van der Waals surface area contributed by atoms with Crippen LogP contribution in [-0.2, 0) is 13.6 Å². The van der Waals surface area contributed by atoms with Gasteiger partial charge in [0, 0.05) is 13.1 Å². The lowest BCUT2D eigenvalue weighted by Gasteiger charge is -1.99. The van der Waals surface area contributed by atoms with Crippen LogP contribution in [0.1, 0.15) is 18.6 Å². The molecule has 0 aliphatic heterocycles. The largest absolute Gasteiger partial charge is 0.458 e. The summed E-state index contributed by atoms with van der Waals surface area (Å²) in [4.78, 5) is 0. The maximum absolute atomic E-state index is 5.77. The van der Waals surface area contributed by atoms with Crippen LogP contribution in [0.2, 0.25) is 0 Å². The predicted octanol–water partition coefficient (Wildman–Crippen LogP) is 2.09. The number of aromatic nitrogens is 3. The van der Waals surface area contributed by atoms with Crippen molar-refractivity contribution in [3.8, 4) is 11.5 Å². The molecule has 0 unspecified atom stereocenters. The van der Waals surface area contributed by atoms with E-state index in [1.54, 1.807) is 4.68 Å². The Kier molecular flexibility index (Phi) is 2.76. The van der Waals surface area contributed by atoms with Gasteiger partial charge in [0.15, 0.2) is 10.4 Å². The molecule has 0 bridgehead atoms. The van der Waals surface area contributed by atoms with Crippen molar-refractivity contribution < 1.29 is 4.42 Å². The SMILES string of the molecule is Cn1nnc(Br)c1-c1ccc(CNC2CC2)o1. The molecule has 0 radical (unpaired) electrons. The Morgan fingerprint density at radius 2 is 2.35 bits per heavy atom. The molecule has 17 heavy (non-hydrogen) atoms. The fourth-order valence-corrected chi connectivity index (χ4v) is 2.25. The molecular formula is C11H13BrN4O. The Labute approximate surface area is 107 Å². The topological polar surface area (TPSA) is 55.9 Å². The molecule has 0 spiro atoms. The first-order valence-electron chi connectivity index (χ1n) is 5.61. The van der Waals surface area contributed by atoms with Gasteiger partial charge in [-0.25, -0.2) is 4.68 Å². The first-order chi connectivity index (χ1) is 8.24. The lowest BCUT2D eigenvalue weighted by Crippen LogP contribution is -2.14. The highest BCUT2D eigenvalue weighted by molar-refractivity contribution is 9.10. The molecular weight excluding hydrogens is 284 g/mol. The van der Waals surface area contributed by atoms with E-state index in [0.29, 0.717) is 10.6 Å². The maximum atomic E-state index is 5.77. The van der Waals surface area contributed by atoms with Crippen molar-refractivity contribution >= 4 is 15.9 Å². The van der Waals surface area contributed by atoms with Gasteiger partial charge in [0.25, 0.3) is 0 Å². The van der Waals surface area contributed by atoms with E-state index in [4.69, 9.17) is 4.42 Å². The molecule has 1 aliphatic carbocycles. The zero-order valence-corrected chi connectivity index (χ0v) is 11.1. The van der Waals surface area contributed by atoms with Gasteiger partial charge in [0.05, 0.1) is 6.54 Å². The highest BCUT2D eigenvalue weighted by Crippen LogP contribution is 2.27. The molecule has 3 rings (SSSR count). The lowest BCUT2D eigenvalue weighted by atomic mass is 10.3. The third-order valence-corrected chi connectivity index (χ3v) is 3.36. The average Bonchev–Trinajstić information content (AvgIpc) is 2.94. The molecule has 2 heterocycles. The minimum Gasteiger partial charge on any atom is -0.458 e. The second-order valence-corrected chi connectivity index (χ2v) is 5.02. The van der Waals surface area contributed by atoms with Gasteiger partial charge >= 0.3 is 0 Å². The van der Waals surface area contributed by atoms with Crippen molar-refractivity contribution in [2.45, 2.75) is 25.4 Å². The second-order valence-electron chi connectivity index (χ2n) is 4.27. The lowest BCUT2D eigenvalue weighted by molar-refractivity contribution is 0.488. The highest BCUT2D eigenvalue weighted by Gasteiger charge is 2.21. The normalized spacial score (nSPS) is 15.4. The number of nitrogens with one attached hydrogen (secondary N) is 1. The number of furan rings is 1. The summed E-state index contributed by atoms with van der Waals surface area (Å²) >= 11 is 3.37. The van der Waals surface area contributed by atoms with Crippen LogP contribution < -0.4 is 5.32 Å². The summed E-state index contributed by atoms with van der Waals surface area (Å²) in [5, 5.41) is 11.3. The maximum Gasteiger partial charge on any atom is 0.159 e. The molecule has 2 aromatic heterocycles. The molecule has 0 atom stereocenters. The van der Waals surface area contributed by atoms with Crippen molar-refractivity contribution in [1.29, 1.82) is 0 Å². The molecule has 2 aromatic rings. The minimum atomic E-state index is 0.689. The van der Waals surface area contributed by atoms with Gasteiger partial charge in [-0.05, 0) is 40.9 Å². The number of hydrogen-bond donors (Lipinski definition) is 1. The van der Waals surface area contributed by atoms with Gasteiger partial charge < -0.3 is 9.73 Å². The number of nitrogens with zero attached hydrogens (tertiary/aromatic N) is 3. The Morgan fingerprint density at radius 1 is 1.53 bits per heavy atom. The fourth-order valence-electron chi connectivity index (χ4n) is 1.73. The van der Waals surface area contributed by atoms with Crippen molar-refractivity contribution in [3.05, 3.63) is 22.5 Å². The zero-order valence-electron chi connectivity index (χ0n) is 9.48. The van der Waals surface area contributed by atoms with Crippen LogP contribution >= 0.6 is 15.9 Å². The average molecular weight is 297 g/mol. The van der Waals surface area contributed by atoms with Crippen LogP contribution in [-0.4, -0.2) is 21.0 Å². The molecule has 1 N–H and O–H groups in total. The van der Waals surface area contributed by atoms with Crippen molar-refractivity contribution in [2.75, 3.05) is 0 Å². The van der Waals surface area contributed by atoms with E-state index < -0.39 is 0 Å². The number of halogens is 1. The van der Waals surface area contributed by atoms with Crippen LogP contribution in [0.25, 0.3) is 11.5 Å². The predicted molar refractivity (Wildman–Crippen MR) is 66.3 cm³/mol. The van der Waals surface area contributed by atoms with Crippen molar-refractivity contribution in [2.24, 2.45) is 7.05 Å².